The Morgan fingerprint density at radius 2 is 1.60 bits per heavy atom. The molecule has 0 saturated heterocycles. The number of halogens is 1. The van der Waals surface area contributed by atoms with E-state index < -0.39 is 0 Å². The summed E-state index contributed by atoms with van der Waals surface area (Å²) in [5.41, 5.74) is 5.69. The first-order valence-electron chi connectivity index (χ1n) is 10.5. The summed E-state index contributed by atoms with van der Waals surface area (Å²) in [4.78, 5) is 5.04. The summed E-state index contributed by atoms with van der Waals surface area (Å²) < 4.78 is 20.4. The van der Waals surface area contributed by atoms with Crippen molar-refractivity contribution < 1.29 is 8.81 Å². The van der Waals surface area contributed by atoms with Crippen LogP contribution in [0.1, 0.15) is 50.8 Å². The van der Waals surface area contributed by atoms with Gasteiger partial charge < -0.3 is 4.42 Å². The number of pyridine rings is 1. The van der Waals surface area contributed by atoms with E-state index in [0.29, 0.717) is 5.92 Å². The maximum atomic E-state index is 14.0. The minimum atomic E-state index is -0.237. The second-order valence-corrected chi connectivity index (χ2v) is 8.61. The van der Waals surface area contributed by atoms with Crippen LogP contribution < -0.4 is 0 Å². The summed E-state index contributed by atoms with van der Waals surface area (Å²) in [5.74, 6) is 0.355. The molecule has 0 N–H and O–H groups in total. The van der Waals surface area contributed by atoms with Gasteiger partial charge in [0.05, 0.1) is 5.69 Å². The SMILES string of the molecule is CC(C)c1cc(-c2nc(C(C)C)cc3cc(F)ccc23)c2oc3ccccc3c2c1. The van der Waals surface area contributed by atoms with Gasteiger partial charge in [0.25, 0.3) is 0 Å². The van der Waals surface area contributed by atoms with E-state index in [1.165, 1.54) is 11.6 Å². The zero-order chi connectivity index (χ0) is 21.0. The molecular weight excluding hydrogens is 373 g/mol. The van der Waals surface area contributed by atoms with Crippen LogP contribution in [0.4, 0.5) is 4.39 Å². The van der Waals surface area contributed by atoms with Crippen LogP contribution in [0.3, 0.4) is 0 Å². The molecule has 3 heteroatoms. The van der Waals surface area contributed by atoms with Gasteiger partial charge in [0.15, 0.2) is 0 Å². The molecule has 0 saturated carbocycles. The van der Waals surface area contributed by atoms with E-state index in [-0.39, 0.29) is 11.7 Å². The molecule has 0 aliphatic heterocycles. The summed E-state index contributed by atoms with van der Waals surface area (Å²) in [7, 11) is 0. The van der Waals surface area contributed by atoms with E-state index in [0.717, 1.165) is 49.7 Å². The van der Waals surface area contributed by atoms with Crippen LogP contribution in [0.25, 0.3) is 44.0 Å². The predicted molar refractivity (Wildman–Crippen MR) is 123 cm³/mol. The van der Waals surface area contributed by atoms with Crippen LogP contribution in [0.2, 0.25) is 0 Å². The molecule has 0 fully saturated rings. The minimum Gasteiger partial charge on any atom is -0.455 e. The zero-order valence-electron chi connectivity index (χ0n) is 17.7. The third-order valence-electron chi connectivity index (χ3n) is 5.83. The zero-order valence-corrected chi connectivity index (χ0v) is 17.7. The van der Waals surface area contributed by atoms with Gasteiger partial charge in [0.1, 0.15) is 17.0 Å². The summed E-state index contributed by atoms with van der Waals surface area (Å²) in [5, 5.41) is 4.00. The van der Waals surface area contributed by atoms with E-state index in [2.05, 4.69) is 45.9 Å². The van der Waals surface area contributed by atoms with Crippen LogP contribution in [-0.2, 0) is 0 Å². The highest BCUT2D eigenvalue weighted by atomic mass is 19.1. The van der Waals surface area contributed by atoms with Gasteiger partial charge in [-0.15, -0.1) is 0 Å². The van der Waals surface area contributed by atoms with E-state index in [9.17, 15) is 4.39 Å². The Kier molecular flexibility index (Phi) is 4.35. The Bertz CT molecular complexity index is 1410. The molecule has 30 heavy (non-hydrogen) atoms. The number of furan rings is 1. The molecule has 0 aliphatic carbocycles. The molecule has 0 radical (unpaired) electrons. The first-order valence-corrected chi connectivity index (χ1v) is 10.5. The second-order valence-electron chi connectivity index (χ2n) is 8.61. The highest BCUT2D eigenvalue weighted by Crippen LogP contribution is 2.40. The number of para-hydroxylation sites is 1. The van der Waals surface area contributed by atoms with Crippen molar-refractivity contribution in [1.82, 2.24) is 4.98 Å². The lowest BCUT2D eigenvalue weighted by Gasteiger charge is -2.14. The third kappa shape index (κ3) is 2.97. The molecule has 2 nitrogen and oxygen atoms in total. The minimum absolute atomic E-state index is 0.232. The van der Waals surface area contributed by atoms with Crippen molar-refractivity contribution in [3.8, 4) is 11.3 Å². The van der Waals surface area contributed by atoms with Gasteiger partial charge in [-0.3, -0.25) is 4.98 Å². The van der Waals surface area contributed by atoms with Crippen LogP contribution in [0, 0.1) is 5.82 Å². The van der Waals surface area contributed by atoms with Gasteiger partial charge in [0.2, 0.25) is 0 Å². The van der Waals surface area contributed by atoms with Gasteiger partial charge in [-0.2, -0.15) is 0 Å². The normalized spacial score (nSPS) is 12.1. The monoisotopic (exact) mass is 397 g/mol. The Labute approximate surface area is 175 Å². The van der Waals surface area contributed by atoms with Crippen molar-refractivity contribution in [2.75, 3.05) is 0 Å². The molecule has 0 unspecified atom stereocenters. The molecule has 150 valence electrons. The molecule has 0 amide bonds. The number of hydrogen-bond donors (Lipinski definition) is 0. The number of benzene rings is 3. The van der Waals surface area contributed by atoms with Crippen LogP contribution in [-0.4, -0.2) is 4.98 Å². The van der Waals surface area contributed by atoms with E-state index in [4.69, 9.17) is 9.40 Å². The maximum Gasteiger partial charge on any atom is 0.144 e. The summed E-state index contributed by atoms with van der Waals surface area (Å²) in [6.45, 7) is 8.61. The average molecular weight is 397 g/mol. The highest BCUT2D eigenvalue weighted by molar-refractivity contribution is 6.12. The number of rotatable bonds is 3. The van der Waals surface area contributed by atoms with Gasteiger partial charge in [-0.25, -0.2) is 4.39 Å². The molecule has 2 heterocycles. The fourth-order valence-corrected chi connectivity index (χ4v) is 4.11. The molecule has 5 rings (SSSR count). The van der Waals surface area contributed by atoms with E-state index in [1.807, 2.05) is 30.3 Å². The fraction of sp³-hybridized carbons (Fsp3) is 0.222. The lowest BCUT2D eigenvalue weighted by Crippen LogP contribution is -1.98. The summed E-state index contributed by atoms with van der Waals surface area (Å²) >= 11 is 0. The number of aromatic nitrogens is 1. The van der Waals surface area contributed by atoms with Crippen molar-refractivity contribution in [2.24, 2.45) is 0 Å². The summed E-state index contributed by atoms with van der Waals surface area (Å²) in [6, 6.07) is 19.5. The van der Waals surface area contributed by atoms with Crippen molar-refractivity contribution in [3.05, 3.63) is 77.7 Å². The quantitative estimate of drug-likeness (QED) is 0.307. The largest absolute Gasteiger partial charge is 0.455 e. The topological polar surface area (TPSA) is 26.0 Å². The van der Waals surface area contributed by atoms with Gasteiger partial charge in [-0.05, 0) is 65.3 Å². The number of nitrogens with zero attached hydrogens (tertiary/aromatic N) is 1. The van der Waals surface area contributed by atoms with Crippen molar-refractivity contribution in [3.63, 3.8) is 0 Å². The van der Waals surface area contributed by atoms with Gasteiger partial charge in [0, 0.05) is 27.4 Å². The standard InChI is InChI=1S/C27H24FNO/c1-15(2)17-12-22-21-7-5-6-8-25(21)30-27(22)23(13-17)26-20-10-9-19(28)11-18(20)14-24(29-26)16(3)4/h5-16H,1-4H3. The number of hydrogen-bond acceptors (Lipinski definition) is 2. The molecule has 0 atom stereocenters. The van der Waals surface area contributed by atoms with Crippen molar-refractivity contribution in [1.29, 1.82) is 0 Å². The van der Waals surface area contributed by atoms with Gasteiger partial charge in [-0.1, -0.05) is 45.9 Å². The Morgan fingerprint density at radius 1 is 0.800 bits per heavy atom. The lowest BCUT2D eigenvalue weighted by molar-refractivity contribution is 0.629. The molecule has 0 aliphatic rings. The highest BCUT2D eigenvalue weighted by Gasteiger charge is 2.19. The van der Waals surface area contributed by atoms with Crippen LogP contribution in [0.15, 0.2) is 65.1 Å². The molecule has 0 bridgehead atoms. The Morgan fingerprint density at radius 3 is 2.37 bits per heavy atom. The van der Waals surface area contributed by atoms with Crippen molar-refractivity contribution in [2.45, 2.75) is 39.5 Å². The number of fused-ring (bicyclic) bond motifs is 4. The molecule has 3 aromatic carbocycles. The van der Waals surface area contributed by atoms with E-state index in [1.54, 1.807) is 6.07 Å². The Hall–Kier alpha value is -3.20. The average Bonchev–Trinajstić information content (AvgIpc) is 3.10. The first-order chi connectivity index (χ1) is 14.4. The predicted octanol–water partition coefficient (Wildman–Crippen LogP) is 8.19. The first kappa shape index (κ1) is 18.8. The molecule has 0 spiro atoms. The van der Waals surface area contributed by atoms with Crippen LogP contribution >= 0.6 is 0 Å². The van der Waals surface area contributed by atoms with Gasteiger partial charge >= 0.3 is 0 Å². The van der Waals surface area contributed by atoms with E-state index >= 15 is 0 Å². The fourth-order valence-electron chi connectivity index (χ4n) is 4.11. The molecule has 5 aromatic rings. The molecular formula is C27H24FNO. The van der Waals surface area contributed by atoms with Crippen LogP contribution in [0.5, 0.6) is 0 Å². The third-order valence-corrected chi connectivity index (χ3v) is 5.83. The Balaban J connectivity index is 1.94. The lowest BCUT2D eigenvalue weighted by atomic mass is 9.93. The maximum absolute atomic E-state index is 14.0. The summed E-state index contributed by atoms with van der Waals surface area (Å²) in [6.07, 6.45) is 0. The smallest absolute Gasteiger partial charge is 0.144 e. The molecule has 2 aromatic heterocycles. The second kappa shape index (κ2) is 6.94. The van der Waals surface area contributed by atoms with Crippen molar-refractivity contribution >= 4 is 32.7 Å².